The van der Waals surface area contributed by atoms with E-state index in [-0.39, 0.29) is 30.5 Å². The molecule has 24 heavy (non-hydrogen) atoms. The molecule has 5 nitrogen and oxygen atoms in total. The summed E-state index contributed by atoms with van der Waals surface area (Å²) < 4.78 is 13.3. The van der Waals surface area contributed by atoms with Gasteiger partial charge in [0.2, 0.25) is 0 Å². The monoisotopic (exact) mass is 332 g/mol. The topological polar surface area (TPSA) is 81.6 Å². The zero-order valence-electron chi connectivity index (χ0n) is 13.3. The molecule has 2 amide bonds. The fourth-order valence-electron chi connectivity index (χ4n) is 2.26. The van der Waals surface area contributed by atoms with Crippen molar-refractivity contribution in [1.82, 2.24) is 10.6 Å². The second-order valence-electron chi connectivity index (χ2n) is 5.46. The Balaban J connectivity index is 1.67. The lowest BCUT2D eigenvalue weighted by Gasteiger charge is -2.09. The molecular weight excluding hydrogens is 311 g/mol. The van der Waals surface area contributed by atoms with Crippen LogP contribution in [-0.4, -0.2) is 22.8 Å². The van der Waals surface area contributed by atoms with Crippen molar-refractivity contribution in [3.63, 3.8) is 0 Å². The maximum absolute atomic E-state index is 13.3. The lowest BCUT2D eigenvalue weighted by atomic mass is 10.1. The van der Waals surface area contributed by atoms with Gasteiger partial charge in [0.05, 0.1) is 6.61 Å². The van der Waals surface area contributed by atoms with Gasteiger partial charge in [0.15, 0.2) is 0 Å². The Labute approximate surface area is 140 Å². The summed E-state index contributed by atoms with van der Waals surface area (Å²) >= 11 is 0. The Morgan fingerprint density at radius 3 is 2.46 bits per heavy atom. The van der Waals surface area contributed by atoms with Crippen molar-refractivity contribution < 1.29 is 19.4 Å². The summed E-state index contributed by atoms with van der Waals surface area (Å²) in [7, 11) is 0. The van der Waals surface area contributed by atoms with Crippen molar-refractivity contribution >= 4 is 6.03 Å². The molecule has 128 valence electrons. The van der Waals surface area contributed by atoms with Gasteiger partial charge in [-0.2, -0.15) is 0 Å². The van der Waals surface area contributed by atoms with E-state index in [0.717, 1.165) is 24.0 Å². The molecule has 0 aliphatic rings. The summed E-state index contributed by atoms with van der Waals surface area (Å²) in [6.45, 7) is 0.415. The Bertz CT molecular complexity index is 674. The molecule has 2 aromatic carbocycles. The Morgan fingerprint density at radius 2 is 1.75 bits per heavy atom. The first-order valence-electron chi connectivity index (χ1n) is 7.76. The number of carbonyl (C=O) groups excluding carboxylic acids is 1. The highest BCUT2D eigenvalue weighted by molar-refractivity contribution is 5.73. The molecule has 0 aromatic heterocycles. The first-order chi connectivity index (χ1) is 11.6. The zero-order chi connectivity index (χ0) is 17.4. The normalized spacial score (nSPS) is 10.4. The summed E-state index contributed by atoms with van der Waals surface area (Å²) in [4.78, 5) is 11.7. The largest absolute Gasteiger partial charge is 0.508 e. The quantitative estimate of drug-likeness (QED) is 0.588. The van der Waals surface area contributed by atoms with Crippen LogP contribution in [0.4, 0.5) is 9.18 Å². The summed E-state index contributed by atoms with van der Waals surface area (Å²) in [5.74, 6) is -0.221. The minimum absolute atomic E-state index is 0.212. The molecule has 2 aromatic rings. The number of aryl methyl sites for hydroxylation is 1. The number of aliphatic hydroxyl groups excluding tert-OH is 1. The van der Waals surface area contributed by atoms with Crippen molar-refractivity contribution in [1.29, 1.82) is 0 Å². The van der Waals surface area contributed by atoms with E-state index in [2.05, 4.69) is 10.6 Å². The number of rotatable bonds is 7. The number of nitrogens with one attached hydrogen (secondary N) is 2. The molecule has 0 aliphatic heterocycles. The van der Waals surface area contributed by atoms with E-state index in [1.165, 1.54) is 12.1 Å². The predicted octanol–water partition coefficient (Wildman–Crippen LogP) is 2.46. The van der Waals surface area contributed by atoms with E-state index in [4.69, 9.17) is 5.11 Å². The first kappa shape index (κ1) is 17.7. The number of carbonyl (C=O) groups is 1. The highest BCUT2D eigenvalue weighted by Gasteiger charge is 2.04. The molecular formula is C18H21FN2O3. The molecule has 0 unspecified atom stereocenters. The van der Waals surface area contributed by atoms with E-state index in [1.54, 1.807) is 18.2 Å². The van der Waals surface area contributed by atoms with Gasteiger partial charge < -0.3 is 20.8 Å². The zero-order valence-corrected chi connectivity index (χ0v) is 13.3. The van der Waals surface area contributed by atoms with Crippen LogP contribution < -0.4 is 10.6 Å². The average molecular weight is 332 g/mol. The van der Waals surface area contributed by atoms with Crippen LogP contribution >= 0.6 is 0 Å². The molecule has 0 heterocycles. The lowest BCUT2D eigenvalue weighted by molar-refractivity contribution is 0.240. The number of phenols is 1. The first-order valence-corrected chi connectivity index (χ1v) is 7.76. The molecule has 6 heteroatoms. The van der Waals surface area contributed by atoms with Crippen LogP contribution in [-0.2, 0) is 19.6 Å². The molecule has 0 spiro atoms. The van der Waals surface area contributed by atoms with Gasteiger partial charge in [-0.25, -0.2) is 9.18 Å². The predicted molar refractivity (Wildman–Crippen MR) is 89.0 cm³/mol. The van der Waals surface area contributed by atoms with Crippen molar-refractivity contribution in [3.05, 3.63) is 65.0 Å². The number of halogens is 1. The van der Waals surface area contributed by atoms with Gasteiger partial charge >= 0.3 is 6.03 Å². The molecule has 2 rings (SSSR count). The Hall–Kier alpha value is -2.60. The summed E-state index contributed by atoms with van der Waals surface area (Å²) in [5, 5.41) is 23.7. The van der Waals surface area contributed by atoms with Crippen LogP contribution in [0, 0.1) is 5.82 Å². The van der Waals surface area contributed by atoms with E-state index >= 15 is 0 Å². The van der Waals surface area contributed by atoms with E-state index < -0.39 is 5.82 Å². The van der Waals surface area contributed by atoms with Gasteiger partial charge in [-0.15, -0.1) is 0 Å². The van der Waals surface area contributed by atoms with Gasteiger partial charge in [0.25, 0.3) is 0 Å². The molecule has 0 bridgehead atoms. The molecule has 0 atom stereocenters. The SMILES string of the molecule is O=C(NCCCc1ccc(O)cc1)NCc1ccc(F)c(CO)c1. The molecule has 0 fully saturated rings. The van der Waals surface area contributed by atoms with Crippen molar-refractivity contribution in [2.75, 3.05) is 6.54 Å². The van der Waals surface area contributed by atoms with Crippen LogP contribution in [0.5, 0.6) is 5.75 Å². The van der Waals surface area contributed by atoms with Gasteiger partial charge in [-0.3, -0.25) is 0 Å². The van der Waals surface area contributed by atoms with E-state index in [9.17, 15) is 14.3 Å². The maximum Gasteiger partial charge on any atom is 0.315 e. The molecule has 0 saturated carbocycles. The molecule has 0 aliphatic carbocycles. The van der Waals surface area contributed by atoms with Crippen molar-refractivity contribution in [2.24, 2.45) is 0 Å². The van der Waals surface area contributed by atoms with Crippen LogP contribution in [0.15, 0.2) is 42.5 Å². The second-order valence-corrected chi connectivity index (χ2v) is 5.46. The van der Waals surface area contributed by atoms with E-state index in [0.29, 0.717) is 6.54 Å². The minimum Gasteiger partial charge on any atom is -0.508 e. The summed E-state index contributed by atoms with van der Waals surface area (Å²) in [5.41, 5.74) is 2.03. The van der Waals surface area contributed by atoms with Crippen molar-refractivity contribution in [2.45, 2.75) is 26.0 Å². The van der Waals surface area contributed by atoms with Crippen LogP contribution in [0.25, 0.3) is 0 Å². The third-order valence-corrected chi connectivity index (χ3v) is 3.60. The summed E-state index contributed by atoms with van der Waals surface area (Å²) in [6.07, 6.45) is 1.59. The fraction of sp³-hybridized carbons (Fsp3) is 0.278. The van der Waals surface area contributed by atoms with Crippen LogP contribution in [0.2, 0.25) is 0 Å². The molecule has 0 radical (unpaired) electrons. The third-order valence-electron chi connectivity index (χ3n) is 3.60. The average Bonchev–Trinajstić information content (AvgIpc) is 2.59. The highest BCUT2D eigenvalue weighted by Crippen LogP contribution is 2.11. The summed E-state index contributed by atoms with van der Waals surface area (Å²) in [6, 6.07) is 11.1. The van der Waals surface area contributed by atoms with E-state index in [1.807, 2.05) is 12.1 Å². The Morgan fingerprint density at radius 1 is 1.04 bits per heavy atom. The van der Waals surface area contributed by atoms with Gasteiger partial charge in [0, 0.05) is 18.7 Å². The number of benzene rings is 2. The maximum atomic E-state index is 13.3. The highest BCUT2D eigenvalue weighted by atomic mass is 19.1. The second kappa shape index (κ2) is 8.88. The number of phenolic OH excluding ortho intramolecular Hbond substituents is 1. The number of aromatic hydroxyl groups is 1. The fourth-order valence-corrected chi connectivity index (χ4v) is 2.26. The smallest absolute Gasteiger partial charge is 0.315 e. The van der Waals surface area contributed by atoms with Crippen LogP contribution in [0.3, 0.4) is 0 Å². The molecule has 0 saturated heterocycles. The molecule has 4 N–H and O–H groups in total. The van der Waals surface area contributed by atoms with Crippen molar-refractivity contribution in [3.8, 4) is 5.75 Å². The van der Waals surface area contributed by atoms with Gasteiger partial charge in [-0.05, 0) is 48.2 Å². The van der Waals surface area contributed by atoms with Gasteiger partial charge in [-0.1, -0.05) is 18.2 Å². The number of hydrogen-bond donors (Lipinski definition) is 4. The van der Waals surface area contributed by atoms with Crippen LogP contribution in [0.1, 0.15) is 23.1 Å². The number of aliphatic hydroxyl groups is 1. The number of urea groups is 1. The lowest BCUT2D eigenvalue weighted by Crippen LogP contribution is -2.35. The Kier molecular flexibility index (Phi) is 6.57. The number of amides is 2. The number of hydrogen-bond acceptors (Lipinski definition) is 3. The standard InChI is InChI=1S/C18H21FN2O3/c19-17-8-5-14(10-15(17)12-22)11-21-18(24)20-9-1-2-13-3-6-16(23)7-4-13/h3-8,10,22-23H,1-2,9,11-12H2,(H2,20,21,24). The minimum atomic E-state index is -0.458. The van der Waals surface area contributed by atoms with Gasteiger partial charge in [0.1, 0.15) is 11.6 Å². The third kappa shape index (κ3) is 5.55.